The summed E-state index contributed by atoms with van der Waals surface area (Å²) in [7, 11) is 0. The van der Waals surface area contributed by atoms with Crippen molar-refractivity contribution in [1.82, 2.24) is 5.32 Å². The van der Waals surface area contributed by atoms with Gasteiger partial charge in [-0.3, -0.25) is 4.79 Å². The van der Waals surface area contributed by atoms with Gasteiger partial charge in [0, 0.05) is 12.1 Å². The number of phenolic OH excluding ortho intramolecular Hbond substituents is 1. The summed E-state index contributed by atoms with van der Waals surface area (Å²) in [6.45, 7) is 0.582. The number of amides is 1. The van der Waals surface area contributed by atoms with Crippen molar-refractivity contribution in [1.29, 1.82) is 0 Å². The molecule has 2 N–H and O–H groups in total. The normalized spacial score (nSPS) is 11.1. The van der Waals surface area contributed by atoms with Crippen LogP contribution in [0.2, 0.25) is 0 Å². The fourth-order valence-corrected chi connectivity index (χ4v) is 1.95. The first kappa shape index (κ1) is 17.7. The number of benzene rings is 2. The average molecular weight is 339 g/mol. The molecule has 4 nitrogen and oxygen atoms in total. The van der Waals surface area contributed by atoms with Crippen LogP contribution in [0.4, 0.5) is 13.2 Å². The summed E-state index contributed by atoms with van der Waals surface area (Å²) >= 11 is 0. The number of aromatic hydroxyl groups is 1. The van der Waals surface area contributed by atoms with Crippen LogP contribution in [0.1, 0.15) is 22.3 Å². The van der Waals surface area contributed by atoms with E-state index in [0.29, 0.717) is 18.7 Å². The Kier molecular flexibility index (Phi) is 5.68. The maximum Gasteiger partial charge on any atom is 0.416 e. The maximum absolute atomic E-state index is 12.4. The van der Waals surface area contributed by atoms with Crippen LogP contribution in [-0.4, -0.2) is 24.2 Å². The van der Waals surface area contributed by atoms with Gasteiger partial charge in [0.15, 0.2) is 11.5 Å². The van der Waals surface area contributed by atoms with Crippen LogP contribution in [-0.2, 0) is 6.18 Å². The minimum atomic E-state index is -4.42. The van der Waals surface area contributed by atoms with E-state index in [1.165, 1.54) is 6.07 Å². The van der Waals surface area contributed by atoms with Crippen molar-refractivity contribution in [2.75, 3.05) is 13.2 Å². The summed E-state index contributed by atoms with van der Waals surface area (Å²) in [5.41, 5.74) is -0.639. The summed E-state index contributed by atoms with van der Waals surface area (Å²) in [4.78, 5) is 11.8. The lowest BCUT2D eigenvalue weighted by Crippen LogP contribution is -2.25. The minimum absolute atomic E-state index is 0.0336. The molecule has 24 heavy (non-hydrogen) atoms. The fourth-order valence-electron chi connectivity index (χ4n) is 1.95. The van der Waals surface area contributed by atoms with E-state index in [9.17, 15) is 23.1 Å². The van der Waals surface area contributed by atoms with Crippen molar-refractivity contribution in [3.63, 3.8) is 0 Å². The van der Waals surface area contributed by atoms with E-state index in [2.05, 4.69) is 5.32 Å². The van der Waals surface area contributed by atoms with Crippen LogP contribution in [0.15, 0.2) is 48.5 Å². The number of nitrogens with one attached hydrogen (secondary N) is 1. The predicted molar refractivity (Wildman–Crippen MR) is 82.0 cm³/mol. The molecule has 2 rings (SSSR count). The van der Waals surface area contributed by atoms with Crippen LogP contribution in [0.3, 0.4) is 0 Å². The molecule has 0 saturated heterocycles. The molecule has 7 heteroatoms. The second-order valence-electron chi connectivity index (χ2n) is 5.00. The Labute approximate surface area is 136 Å². The molecule has 0 aliphatic carbocycles. The molecule has 0 aliphatic rings. The molecule has 2 aromatic rings. The first-order chi connectivity index (χ1) is 11.4. The summed E-state index contributed by atoms with van der Waals surface area (Å²) in [6.07, 6.45) is -3.93. The monoisotopic (exact) mass is 339 g/mol. The molecule has 1 amide bonds. The number of halogens is 3. The molecule has 0 aliphatic heterocycles. The van der Waals surface area contributed by atoms with Gasteiger partial charge in [-0.2, -0.15) is 13.2 Å². The van der Waals surface area contributed by atoms with Gasteiger partial charge in [-0.1, -0.05) is 12.1 Å². The predicted octanol–water partition coefficient (Wildman–Crippen LogP) is 3.61. The van der Waals surface area contributed by atoms with Gasteiger partial charge in [0.05, 0.1) is 12.2 Å². The van der Waals surface area contributed by atoms with Crippen molar-refractivity contribution >= 4 is 5.91 Å². The summed E-state index contributed by atoms with van der Waals surface area (Å²) in [5.74, 6) is -0.0656. The zero-order valence-electron chi connectivity index (χ0n) is 12.6. The molecule has 0 saturated carbocycles. The Morgan fingerprint density at radius 2 is 1.75 bits per heavy atom. The van der Waals surface area contributed by atoms with Crippen molar-refractivity contribution in [3.05, 3.63) is 59.7 Å². The van der Waals surface area contributed by atoms with Crippen LogP contribution in [0.5, 0.6) is 11.5 Å². The molecule has 0 spiro atoms. The molecule has 0 unspecified atom stereocenters. The zero-order valence-corrected chi connectivity index (χ0v) is 12.6. The smallest absolute Gasteiger partial charge is 0.416 e. The summed E-state index contributed by atoms with van der Waals surface area (Å²) in [5, 5.41) is 12.1. The van der Waals surface area contributed by atoms with E-state index in [-0.39, 0.29) is 17.9 Å². The van der Waals surface area contributed by atoms with Crippen LogP contribution < -0.4 is 10.1 Å². The Bertz CT molecular complexity index is 684. The first-order valence-electron chi connectivity index (χ1n) is 7.24. The zero-order chi connectivity index (χ0) is 17.6. The Balaban J connectivity index is 1.74. The lowest BCUT2D eigenvalue weighted by molar-refractivity contribution is -0.137. The lowest BCUT2D eigenvalue weighted by Gasteiger charge is -2.09. The highest BCUT2D eigenvalue weighted by Crippen LogP contribution is 2.29. The SMILES string of the molecule is O=C(NCCCOc1ccccc1O)c1ccc(C(F)(F)F)cc1. The van der Waals surface area contributed by atoms with E-state index in [0.717, 1.165) is 24.3 Å². The number of hydrogen-bond donors (Lipinski definition) is 2. The number of alkyl halides is 3. The van der Waals surface area contributed by atoms with Gasteiger partial charge >= 0.3 is 6.18 Å². The van der Waals surface area contributed by atoms with Crippen LogP contribution in [0, 0.1) is 0 Å². The molecule has 0 atom stereocenters. The maximum atomic E-state index is 12.4. The van der Waals surface area contributed by atoms with Crippen molar-refractivity contribution in [2.24, 2.45) is 0 Å². The van der Waals surface area contributed by atoms with E-state index in [1.54, 1.807) is 18.2 Å². The third-order valence-electron chi connectivity index (χ3n) is 3.20. The van der Waals surface area contributed by atoms with E-state index in [1.807, 2.05) is 0 Å². The number of hydrogen-bond acceptors (Lipinski definition) is 3. The second kappa shape index (κ2) is 7.72. The molecule has 128 valence electrons. The van der Waals surface area contributed by atoms with Crippen molar-refractivity contribution in [3.8, 4) is 11.5 Å². The summed E-state index contributed by atoms with van der Waals surface area (Å²) in [6, 6.07) is 10.5. The molecule has 2 aromatic carbocycles. The summed E-state index contributed by atoms with van der Waals surface area (Å²) < 4.78 is 42.7. The van der Waals surface area contributed by atoms with Gasteiger partial charge in [0.25, 0.3) is 5.91 Å². The standard InChI is InChI=1S/C17H16F3NO3/c18-17(19,20)13-8-6-12(7-9-13)16(23)21-10-3-11-24-15-5-2-1-4-14(15)22/h1-2,4-9,22H,3,10-11H2,(H,21,23). The average Bonchev–Trinajstić information content (AvgIpc) is 2.55. The number of phenols is 1. The van der Waals surface area contributed by atoms with Crippen LogP contribution in [0.25, 0.3) is 0 Å². The Morgan fingerprint density at radius 1 is 1.08 bits per heavy atom. The third kappa shape index (κ3) is 4.91. The van der Waals surface area contributed by atoms with Gasteiger partial charge in [0.1, 0.15) is 0 Å². The molecule has 0 heterocycles. The van der Waals surface area contributed by atoms with E-state index >= 15 is 0 Å². The van der Waals surface area contributed by atoms with Gasteiger partial charge in [-0.15, -0.1) is 0 Å². The number of rotatable bonds is 6. The van der Waals surface area contributed by atoms with Gasteiger partial charge in [0.2, 0.25) is 0 Å². The minimum Gasteiger partial charge on any atom is -0.504 e. The first-order valence-corrected chi connectivity index (χ1v) is 7.24. The molecule has 0 radical (unpaired) electrons. The highest BCUT2D eigenvalue weighted by Gasteiger charge is 2.30. The Morgan fingerprint density at radius 3 is 2.38 bits per heavy atom. The molecular formula is C17H16F3NO3. The highest BCUT2D eigenvalue weighted by atomic mass is 19.4. The van der Waals surface area contributed by atoms with Crippen LogP contribution >= 0.6 is 0 Å². The third-order valence-corrected chi connectivity index (χ3v) is 3.20. The fraction of sp³-hybridized carbons (Fsp3) is 0.235. The Hall–Kier alpha value is -2.70. The van der Waals surface area contributed by atoms with Crippen molar-refractivity contribution in [2.45, 2.75) is 12.6 Å². The molecule has 0 bridgehead atoms. The van der Waals surface area contributed by atoms with E-state index < -0.39 is 17.6 Å². The van der Waals surface area contributed by atoms with Crippen molar-refractivity contribution < 1.29 is 27.8 Å². The lowest BCUT2D eigenvalue weighted by atomic mass is 10.1. The molecule has 0 aromatic heterocycles. The molecule has 0 fully saturated rings. The number of ether oxygens (including phenoxy) is 1. The van der Waals surface area contributed by atoms with Gasteiger partial charge < -0.3 is 15.2 Å². The molecular weight excluding hydrogens is 323 g/mol. The number of para-hydroxylation sites is 2. The van der Waals surface area contributed by atoms with E-state index in [4.69, 9.17) is 4.74 Å². The quantitative estimate of drug-likeness (QED) is 0.791. The highest BCUT2D eigenvalue weighted by molar-refractivity contribution is 5.94. The topological polar surface area (TPSA) is 58.6 Å². The van der Waals surface area contributed by atoms with Gasteiger partial charge in [-0.05, 0) is 42.8 Å². The number of carbonyl (C=O) groups is 1. The largest absolute Gasteiger partial charge is 0.504 e. The number of carbonyl (C=O) groups excluding carboxylic acids is 1. The van der Waals surface area contributed by atoms with Gasteiger partial charge in [-0.25, -0.2) is 0 Å². The second-order valence-corrected chi connectivity index (χ2v) is 5.00.